The molecule has 0 aromatic heterocycles. The lowest BCUT2D eigenvalue weighted by atomic mass is 10.1. The maximum atomic E-state index is 12.7. The first-order chi connectivity index (χ1) is 12.1. The zero-order chi connectivity index (χ0) is 17.8. The van der Waals surface area contributed by atoms with Crippen LogP contribution < -0.4 is 10.6 Å². The van der Waals surface area contributed by atoms with Crippen molar-refractivity contribution in [3.63, 3.8) is 0 Å². The lowest BCUT2D eigenvalue weighted by molar-refractivity contribution is -0.122. The summed E-state index contributed by atoms with van der Waals surface area (Å²) in [6, 6.07) is 7.10. The molecule has 2 aliphatic rings. The van der Waals surface area contributed by atoms with E-state index in [9.17, 15) is 14.4 Å². The van der Waals surface area contributed by atoms with Crippen molar-refractivity contribution in [2.24, 2.45) is 5.92 Å². The number of rotatable bonds is 5. The molecule has 1 heterocycles. The van der Waals surface area contributed by atoms with Crippen LogP contribution in [0.5, 0.6) is 0 Å². The van der Waals surface area contributed by atoms with Crippen LogP contribution in [0, 0.1) is 5.92 Å². The van der Waals surface area contributed by atoms with Gasteiger partial charge in [0.25, 0.3) is 5.91 Å². The van der Waals surface area contributed by atoms with Gasteiger partial charge in [0.1, 0.15) is 0 Å². The molecule has 1 saturated carbocycles. The van der Waals surface area contributed by atoms with Gasteiger partial charge in [-0.05, 0) is 31.0 Å². The highest BCUT2D eigenvalue weighted by Crippen LogP contribution is 2.30. The van der Waals surface area contributed by atoms with Crippen molar-refractivity contribution < 1.29 is 14.4 Å². The van der Waals surface area contributed by atoms with Gasteiger partial charge >= 0.3 is 0 Å². The quantitative estimate of drug-likeness (QED) is 0.817. The second-order valence-electron chi connectivity index (χ2n) is 6.59. The predicted octanol–water partition coefficient (Wildman–Crippen LogP) is 0.539. The summed E-state index contributed by atoms with van der Waals surface area (Å²) in [5.41, 5.74) is 1.24. The molecule has 0 bridgehead atoms. The summed E-state index contributed by atoms with van der Waals surface area (Å²) in [6.45, 7) is 2.90. The van der Waals surface area contributed by atoms with Gasteiger partial charge in [-0.25, -0.2) is 0 Å². The number of carbonyl (C=O) groups is 3. The van der Waals surface area contributed by atoms with E-state index in [1.807, 2.05) is 4.90 Å². The normalized spacial score (nSPS) is 17.9. The van der Waals surface area contributed by atoms with Crippen molar-refractivity contribution in [3.8, 4) is 0 Å². The van der Waals surface area contributed by atoms with Gasteiger partial charge in [0.2, 0.25) is 11.8 Å². The van der Waals surface area contributed by atoms with Crippen LogP contribution in [0.4, 0.5) is 5.69 Å². The number of hydrogen-bond acceptors (Lipinski definition) is 4. The van der Waals surface area contributed by atoms with Crippen LogP contribution in [0.25, 0.3) is 0 Å². The SMILES string of the molecule is CNC(=O)CN1CCN(C(=O)c2cccc(NC(=O)C3CC3)c2)CC1. The van der Waals surface area contributed by atoms with E-state index in [0.717, 1.165) is 12.8 Å². The molecule has 1 aromatic carbocycles. The molecule has 1 aromatic rings. The second-order valence-corrected chi connectivity index (χ2v) is 6.59. The van der Waals surface area contributed by atoms with Gasteiger partial charge in [0.15, 0.2) is 0 Å². The molecule has 1 aliphatic carbocycles. The molecule has 1 aliphatic heterocycles. The standard InChI is InChI=1S/C18H24N4O3/c1-19-16(23)12-21-7-9-22(10-8-21)18(25)14-3-2-4-15(11-14)20-17(24)13-5-6-13/h2-4,11,13H,5-10,12H2,1H3,(H,19,23)(H,20,24). The van der Waals surface area contributed by atoms with Crippen molar-refractivity contribution in [2.45, 2.75) is 12.8 Å². The third kappa shape index (κ3) is 4.57. The predicted molar refractivity (Wildman–Crippen MR) is 94.2 cm³/mol. The van der Waals surface area contributed by atoms with Crippen LogP contribution in [-0.4, -0.2) is 67.3 Å². The maximum Gasteiger partial charge on any atom is 0.254 e. The molecule has 0 unspecified atom stereocenters. The summed E-state index contributed by atoms with van der Waals surface area (Å²) in [5.74, 6) is 0.112. The molecule has 3 amide bonds. The second kappa shape index (κ2) is 7.65. The fourth-order valence-electron chi connectivity index (χ4n) is 2.89. The number of amides is 3. The van der Waals surface area contributed by atoms with E-state index in [-0.39, 0.29) is 23.6 Å². The number of hydrogen-bond donors (Lipinski definition) is 2. The van der Waals surface area contributed by atoms with Crippen LogP contribution in [0.1, 0.15) is 23.2 Å². The number of piperazine rings is 1. The van der Waals surface area contributed by atoms with Crippen LogP contribution in [0.3, 0.4) is 0 Å². The van der Waals surface area contributed by atoms with Crippen molar-refractivity contribution >= 4 is 23.4 Å². The van der Waals surface area contributed by atoms with Crippen molar-refractivity contribution in [1.29, 1.82) is 0 Å². The number of anilines is 1. The van der Waals surface area contributed by atoms with E-state index < -0.39 is 0 Å². The third-order valence-electron chi connectivity index (χ3n) is 4.63. The topological polar surface area (TPSA) is 81.8 Å². The molecule has 1 saturated heterocycles. The first-order valence-electron chi connectivity index (χ1n) is 8.70. The van der Waals surface area contributed by atoms with Crippen molar-refractivity contribution in [1.82, 2.24) is 15.1 Å². The first kappa shape index (κ1) is 17.4. The molecule has 134 valence electrons. The molecule has 25 heavy (non-hydrogen) atoms. The Morgan fingerprint density at radius 3 is 2.48 bits per heavy atom. The molecule has 2 fully saturated rings. The van der Waals surface area contributed by atoms with Crippen LogP contribution in [-0.2, 0) is 9.59 Å². The lowest BCUT2D eigenvalue weighted by Crippen LogP contribution is -2.50. The minimum absolute atomic E-state index is 0.0149. The summed E-state index contributed by atoms with van der Waals surface area (Å²) in [4.78, 5) is 39.8. The Bertz CT molecular complexity index is 664. The van der Waals surface area contributed by atoms with Crippen molar-refractivity contribution in [2.75, 3.05) is 45.1 Å². The zero-order valence-corrected chi connectivity index (χ0v) is 14.5. The van der Waals surface area contributed by atoms with E-state index in [1.54, 1.807) is 36.2 Å². The Hall–Kier alpha value is -2.41. The Kier molecular flexibility index (Phi) is 5.33. The molecule has 7 heteroatoms. The highest BCUT2D eigenvalue weighted by atomic mass is 16.2. The van der Waals surface area contributed by atoms with Gasteiger partial charge in [-0.15, -0.1) is 0 Å². The van der Waals surface area contributed by atoms with Gasteiger partial charge in [0.05, 0.1) is 6.54 Å². The van der Waals surface area contributed by atoms with E-state index >= 15 is 0 Å². The number of nitrogens with one attached hydrogen (secondary N) is 2. The molecule has 0 radical (unpaired) electrons. The van der Waals surface area contributed by atoms with Crippen LogP contribution in [0.15, 0.2) is 24.3 Å². The average Bonchev–Trinajstić information content (AvgIpc) is 3.47. The Balaban J connectivity index is 1.56. The van der Waals surface area contributed by atoms with Gasteiger partial charge in [-0.3, -0.25) is 19.3 Å². The largest absolute Gasteiger partial charge is 0.358 e. The zero-order valence-electron chi connectivity index (χ0n) is 14.5. The molecule has 3 rings (SSSR count). The van der Waals surface area contributed by atoms with Crippen LogP contribution >= 0.6 is 0 Å². The van der Waals surface area contributed by atoms with Gasteiger partial charge in [0, 0.05) is 50.4 Å². The highest BCUT2D eigenvalue weighted by molar-refractivity contribution is 5.98. The molecule has 0 atom stereocenters. The minimum atomic E-state index is -0.0397. The summed E-state index contributed by atoms with van der Waals surface area (Å²) in [6.07, 6.45) is 1.90. The van der Waals surface area contributed by atoms with Crippen molar-refractivity contribution in [3.05, 3.63) is 29.8 Å². The Labute approximate surface area is 147 Å². The molecule has 7 nitrogen and oxygen atoms in total. The van der Waals surface area contributed by atoms with Gasteiger partial charge in [-0.2, -0.15) is 0 Å². The lowest BCUT2D eigenvalue weighted by Gasteiger charge is -2.34. The van der Waals surface area contributed by atoms with E-state index in [4.69, 9.17) is 0 Å². The highest BCUT2D eigenvalue weighted by Gasteiger charge is 2.29. The molecule has 0 spiro atoms. The summed E-state index contributed by atoms with van der Waals surface area (Å²) < 4.78 is 0. The molecule has 2 N–H and O–H groups in total. The average molecular weight is 344 g/mol. The summed E-state index contributed by atoms with van der Waals surface area (Å²) in [5, 5.41) is 5.49. The Morgan fingerprint density at radius 1 is 1.12 bits per heavy atom. The fourth-order valence-corrected chi connectivity index (χ4v) is 2.89. The number of likely N-dealkylation sites (N-methyl/N-ethyl adjacent to an activating group) is 1. The molecular weight excluding hydrogens is 320 g/mol. The van der Waals surface area contributed by atoms with E-state index in [1.165, 1.54) is 0 Å². The summed E-state index contributed by atoms with van der Waals surface area (Å²) in [7, 11) is 1.62. The monoisotopic (exact) mass is 344 g/mol. The van der Waals surface area contributed by atoms with Crippen LogP contribution in [0.2, 0.25) is 0 Å². The Morgan fingerprint density at radius 2 is 1.84 bits per heavy atom. The summed E-state index contributed by atoms with van der Waals surface area (Å²) >= 11 is 0. The van der Waals surface area contributed by atoms with Gasteiger partial charge < -0.3 is 15.5 Å². The third-order valence-corrected chi connectivity index (χ3v) is 4.63. The first-order valence-corrected chi connectivity index (χ1v) is 8.70. The molecular formula is C18H24N4O3. The number of nitrogens with zero attached hydrogens (tertiary/aromatic N) is 2. The maximum absolute atomic E-state index is 12.7. The number of benzene rings is 1. The fraction of sp³-hybridized carbons (Fsp3) is 0.500. The van der Waals surface area contributed by atoms with Gasteiger partial charge in [-0.1, -0.05) is 6.07 Å². The van der Waals surface area contributed by atoms with E-state index in [2.05, 4.69) is 10.6 Å². The number of carbonyl (C=O) groups excluding carboxylic acids is 3. The minimum Gasteiger partial charge on any atom is -0.358 e. The van der Waals surface area contributed by atoms with E-state index in [0.29, 0.717) is 44.0 Å². The smallest absolute Gasteiger partial charge is 0.254 e.